The largest absolute Gasteiger partial charge is 0.438 e. The second-order valence-corrected chi connectivity index (χ2v) is 11.4. The Morgan fingerprint density at radius 2 is 1.86 bits per heavy atom. The molecule has 232 valence electrons. The molecule has 1 saturated carbocycles. The molecule has 4 heterocycles. The number of ether oxygens (including phenoxy) is 1. The van der Waals surface area contributed by atoms with Crippen molar-refractivity contribution in [3.8, 4) is 0 Å². The van der Waals surface area contributed by atoms with E-state index < -0.39 is 54.1 Å². The first-order valence-electron chi connectivity index (χ1n) is 14.0. The van der Waals surface area contributed by atoms with Gasteiger partial charge in [-0.05, 0) is 61.4 Å². The predicted octanol–water partition coefficient (Wildman–Crippen LogP) is 4.78. The van der Waals surface area contributed by atoms with Crippen LogP contribution < -0.4 is 10.6 Å². The second kappa shape index (κ2) is 10.7. The van der Waals surface area contributed by atoms with Gasteiger partial charge in [0, 0.05) is 26.1 Å². The lowest BCUT2D eigenvalue weighted by Gasteiger charge is -2.44. The molecule has 3 aliphatic rings. The van der Waals surface area contributed by atoms with Crippen molar-refractivity contribution in [1.82, 2.24) is 30.8 Å². The lowest BCUT2D eigenvalue weighted by Crippen LogP contribution is -2.51. The number of aromatic nitrogens is 3. The number of hydrogen-bond acceptors (Lipinski definition) is 8. The average molecular weight is 613 g/mol. The van der Waals surface area contributed by atoms with Crippen molar-refractivity contribution in [2.24, 2.45) is 5.92 Å². The maximum atomic E-state index is 14.0. The minimum Gasteiger partial charge on any atom is -0.438 e. The number of carbonyl (C=O) groups excluding carboxylic acids is 2. The Morgan fingerprint density at radius 3 is 2.49 bits per heavy atom. The summed E-state index contributed by atoms with van der Waals surface area (Å²) in [5, 5.41) is 12.1. The van der Waals surface area contributed by atoms with Crippen LogP contribution in [0.4, 0.5) is 26.7 Å². The van der Waals surface area contributed by atoms with Crippen molar-refractivity contribution in [1.29, 1.82) is 0 Å². The number of nitrogens with one attached hydrogen (secondary N) is 2. The molecular weight excluding hydrogens is 583 g/mol. The van der Waals surface area contributed by atoms with E-state index in [4.69, 9.17) is 9.15 Å². The van der Waals surface area contributed by atoms with Crippen LogP contribution in [0.3, 0.4) is 0 Å². The van der Waals surface area contributed by atoms with Gasteiger partial charge in [-0.15, -0.1) is 0 Å². The molecule has 2 aromatic heterocycles. The van der Waals surface area contributed by atoms with Crippen LogP contribution in [-0.2, 0) is 10.3 Å². The van der Waals surface area contributed by atoms with Gasteiger partial charge in [0.2, 0.25) is 11.8 Å². The zero-order valence-corrected chi connectivity index (χ0v) is 23.0. The third kappa shape index (κ3) is 5.52. The first-order chi connectivity index (χ1) is 20.4. The van der Waals surface area contributed by atoms with Gasteiger partial charge in [0.1, 0.15) is 23.3 Å². The summed E-state index contributed by atoms with van der Waals surface area (Å²) in [6, 6.07) is 1.23. The van der Waals surface area contributed by atoms with E-state index in [1.165, 1.54) is 11.8 Å². The number of urea groups is 1. The fourth-order valence-electron chi connectivity index (χ4n) is 6.31. The van der Waals surface area contributed by atoms with Crippen molar-refractivity contribution in [3.63, 3.8) is 0 Å². The minimum absolute atomic E-state index is 0.0629. The molecule has 11 nitrogen and oxygen atoms in total. The van der Waals surface area contributed by atoms with Crippen LogP contribution >= 0.6 is 0 Å². The quantitative estimate of drug-likeness (QED) is 0.380. The molecule has 2 saturated heterocycles. The Balaban J connectivity index is 1.34. The fourth-order valence-corrected chi connectivity index (χ4v) is 6.31. The number of aryl methyl sites for hydroxylation is 1. The summed E-state index contributed by atoms with van der Waals surface area (Å²) in [6.07, 6.45) is -4.59. The van der Waals surface area contributed by atoms with Gasteiger partial charge in [0.05, 0.1) is 12.1 Å². The fraction of sp³-hybridized carbons (Fsp3) is 0.593. The van der Waals surface area contributed by atoms with Crippen LogP contribution in [0.1, 0.15) is 72.2 Å². The highest BCUT2D eigenvalue weighted by atomic mass is 19.4. The summed E-state index contributed by atoms with van der Waals surface area (Å²) in [5.74, 6) is -3.78. The van der Waals surface area contributed by atoms with Crippen LogP contribution in [0.15, 0.2) is 27.2 Å². The van der Waals surface area contributed by atoms with E-state index in [0.29, 0.717) is 16.7 Å². The number of benzene rings is 1. The van der Waals surface area contributed by atoms with Gasteiger partial charge in [-0.2, -0.15) is 13.2 Å². The normalized spacial score (nSPS) is 23.3. The Bertz CT molecular complexity index is 1510. The van der Waals surface area contributed by atoms with E-state index in [1.54, 1.807) is 18.2 Å². The molecule has 2 unspecified atom stereocenters. The Morgan fingerprint density at radius 1 is 1.14 bits per heavy atom. The number of rotatable bonds is 6. The number of alkyl halides is 5. The molecule has 0 radical (unpaired) electrons. The number of fused-ring (bicyclic) bond motifs is 1. The van der Waals surface area contributed by atoms with Crippen molar-refractivity contribution in [3.05, 3.63) is 41.0 Å². The van der Waals surface area contributed by atoms with Gasteiger partial charge in [-0.25, -0.2) is 23.2 Å². The Labute approximate surface area is 241 Å². The topological polar surface area (TPSA) is 136 Å². The molecule has 2 atom stereocenters. The molecule has 43 heavy (non-hydrogen) atoms. The standard InChI is InChI=1S/C27H29F5N6O5/c1-14-20(37-43-36-14)22(39)35-21(15-4-6-26(28,29)7-5-15)23-33-17-12-16(2-3-18(17)42-23)25(8-10-41-11-9-25)38-13-19(27(30,31)32)34-24(38)40/h2-3,12,15,19,21H,4-11,13H2,1H3,(H,34,40)(H,35,39). The molecule has 6 rings (SSSR count). The van der Waals surface area contributed by atoms with Gasteiger partial charge < -0.3 is 24.7 Å². The zero-order chi connectivity index (χ0) is 30.6. The maximum Gasteiger partial charge on any atom is 0.410 e. The lowest BCUT2D eigenvalue weighted by molar-refractivity contribution is -0.151. The third-order valence-corrected chi connectivity index (χ3v) is 8.73. The van der Waals surface area contributed by atoms with Crippen molar-refractivity contribution < 1.29 is 45.3 Å². The van der Waals surface area contributed by atoms with Gasteiger partial charge in [-0.3, -0.25) is 4.79 Å². The smallest absolute Gasteiger partial charge is 0.410 e. The number of hydrogen-bond donors (Lipinski definition) is 2. The molecule has 2 aliphatic heterocycles. The first kappa shape index (κ1) is 29.3. The molecule has 16 heteroatoms. The van der Waals surface area contributed by atoms with E-state index in [2.05, 4.69) is 25.2 Å². The van der Waals surface area contributed by atoms with E-state index in [9.17, 15) is 31.5 Å². The molecule has 1 aliphatic carbocycles. The molecular formula is C27H29F5N6O5. The number of halogens is 5. The highest BCUT2D eigenvalue weighted by Gasteiger charge is 2.53. The minimum atomic E-state index is -4.61. The summed E-state index contributed by atoms with van der Waals surface area (Å²) in [5.41, 5.74) is 0.310. The van der Waals surface area contributed by atoms with Crippen molar-refractivity contribution in [2.45, 2.75) is 75.2 Å². The van der Waals surface area contributed by atoms with Gasteiger partial charge in [-0.1, -0.05) is 11.2 Å². The van der Waals surface area contributed by atoms with E-state index >= 15 is 0 Å². The molecule has 1 aromatic carbocycles. The highest BCUT2D eigenvalue weighted by molar-refractivity contribution is 5.93. The van der Waals surface area contributed by atoms with Crippen LogP contribution in [0.25, 0.3) is 11.1 Å². The summed E-state index contributed by atoms with van der Waals surface area (Å²) >= 11 is 0. The van der Waals surface area contributed by atoms with Gasteiger partial charge in [0.25, 0.3) is 5.91 Å². The Hall–Kier alpha value is -3.82. The third-order valence-electron chi connectivity index (χ3n) is 8.73. The van der Waals surface area contributed by atoms with Crippen molar-refractivity contribution >= 4 is 23.0 Å². The molecule has 0 bridgehead atoms. The Kier molecular flexibility index (Phi) is 7.29. The number of amides is 3. The number of carbonyl (C=O) groups is 2. The monoisotopic (exact) mass is 612 g/mol. The van der Waals surface area contributed by atoms with Crippen molar-refractivity contribution in [2.75, 3.05) is 19.8 Å². The molecule has 3 amide bonds. The number of nitrogens with zero attached hydrogens (tertiary/aromatic N) is 4. The highest BCUT2D eigenvalue weighted by Crippen LogP contribution is 2.44. The lowest BCUT2D eigenvalue weighted by atomic mass is 9.81. The van der Waals surface area contributed by atoms with Crippen LogP contribution in [-0.4, -0.2) is 70.0 Å². The maximum absolute atomic E-state index is 14.0. The SMILES string of the molecule is Cc1nonc1C(=O)NC(c1nc2cc(C3(N4CC(C(F)(F)F)NC4=O)CCOCC3)ccc2o1)C1CCC(F)(F)CC1. The summed E-state index contributed by atoms with van der Waals surface area (Å²) in [7, 11) is 0. The number of oxazole rings is 1. The molecule has 2 N–H and O–H groups in total. The summed E-state index contributed by atoms with van der Waals surface area (Å²) in [4.78, 5) is 31.7. The summed E-state index contributed by atoms with van der Waals surface area (Å²) < 4.78 is 84.7. The molecule has 3 aromatic rings. The van der Waals surface area contributed by atoms with E-state index in [0.717, 1.165) is 0 Å². The molecule has 0 spiro atoms. The second-order valence-electron chi connectivity index (χ2n) is 11.4. The zero-order valence-electron chi connectivity index (χ0n) is 23.0. The summed E-state index contributed by atoms with van der Waals surface area (Å²) in [6.45, 7) is 1.45. The van der Waals surface area contributed by atoms with E-state index in [-0.39, 0.29) is 69.0 Å². The van der Waals surface area contributed by atoms with E-state index in [1.807, 2.05) is 5.32 Å². The van der Waals surface area contributed by atoms with Crippen LogP contribution in [0.2, 0.25) is 0 Å². The average Bonchev–Trinajstić information content (AvgIpc) is 3.69. The van der Waals surface area contributed by atoms with Crippen LogP contribution in [0.5, 0.6) is 0 Å². The van der Waals surface area contributed by atoms with Crippen LogP contribution in [0, 0.1) is 12.8 Å². The molecule has 3 fully saturated rings. The van der Waals surface area contributed by atoms with Gasteiger partial charge >= 0.3 is 12.2 Å². The van der Waals surface area contributed by atoms with Gasteiger partial charge in [0.15, 0.2) is 11.3 Å². The first-order valence-corrected chi connectivity index (χ1v) is 14.0. The predicted molar refractivity (Wildman–Crippen MR) is 137 cm³/mol.